The summed E-state index contributed by atoms with van der Waals surface area (Å²) < 4.78 is 0. The summed E-state index contributed by atoms with van der Waals surface area (Å²) in [7, 11) is 0. The molecule has 3 N–H and O–H groups in total. The number of hydrogen-bond donors (Lipinski definition) is 2. The maximum absolute atomic E-state index is 12.5. The number of carbonyl (C=O) groups is 1. The summed E-state index contributed by atoms with van der Waals surface area (Å²) in [6.45, 7) is 0.529. The molecule has 0 saturated heterocycles. The van der Waals surface area contributed by atoms with Crippen LogP contribution in [0.25, 0.3) is 0 Å². The Balaban J connectivity index is 0.00000120. The van der Waals surface area contributed by atoms with Gasteiger partial charge >= 0.3 is 0 Å². The summed E-state index contributed by atoms with van der Waals surface area (Å²) in [4.78, 5) is 12.5. The Morgan fingerprint density at radius 2 is 1.67 bits per heavy atom. The summed E-state index contributed by atoms with van der Waals surface area (Å²) >= 11 is 0. The van der Waals surface area contributed by atoms with Gasteiger partial charge < -0.3 is 11.1 Å². The summed E-state index contributed by atoms with van der Waals surface area (Å²) in [6, 6.07) is 0.478. The SMILES string of the molecule is Cl.NCC1(C(=O)NC(C2CC2)C2CC2)CCCC1. The van der Waals surface area contributed by atoms with Gasteiger partial charge in [-0.25, -0.2) is 0 Å². The third kappa shape index (κ3) is 2.67. The lowest BCUT2D eigenvalue weighted by Gasteiger charge is -2.29. The Morgan fingerprint density at radius 3 is 2.06 bits per heavy atom. The van der Waals surface area contributed by atoms with Crippen LogP contribution in [0.3, 0.4) is 0 Å². The minimum Gasteiger partial charge on any atom is -0.352 e. The second-order valence-corrected chi connectivity index (χ2v) is 6.37. The summed E-state index contributed by atoms with van der Waals surface area (Å²) in [5, 5.41) is 3.36. The van der Waals surface area contributed by atoms with Gasteiger partial charge in [0.25, 0.3) is 0 Å². The molecule has 1 amide bonds. The standard InChI is InChI=1S/C14H24N2O.ClH/c15-9-14(7-1-2-8-14)13(17)16-12(10-3-4-10)11-5-6-11;/h10-12H,1-9,15H2,(H,16,17);1H. The van der Waals surface area contributed by atoms with E-state index in [1.807, 2.05) is 0 Å². The molecular formula is C14H25ClN2O. The molecule has 0 aromatic carbocycles. The molecule has 0 aromatic heterocycles. The molecule has 0 bridgehead atoms. The van der Waals surface area contributed by atoms with Crippen LogP contribution in [0, 0.1) is 17.3 Å². The average Bonchev–Trinajstić information content (AvgIpc) is 3.25. The lowest BCUT2D eigenvalue weighted by Crippen LogP contribution is -2.49. The summed E-state index contributed by atoms with van der Waals surface area (Å²) in [5.74, 6) is 1.83. The normalized spacial score (nSPS) is 25.9. The van der Waals surface area contributed by atoms with Gasteiger partial charge in [-0.1, -0.05) is 12.8 Å². The fourth-order valence-corrected chi connectivity index (χ4v) is 3.41. The van der Waals surface area contributed by atoms with Crippen LogP contribution < -0.4 is 11.1 Å². The van der Waals surface area contributed by atoms with Crippen molar-refractivity contribution in [2.75, 3.05) is 6.54 Å². The molecule has 3 aliphatic carbocycles. The molecule has 104 valence electrons. The molecule has 3 aliphatic rings. The van der Waals surface area contributed by atoms with Crippen LogP contribution in [0.1, 0.15) is 51.4 Å². The Bertz CT molecular complexity index is 295. The number of nitrogens with two attached hydrogens (primary N) is 1. The topological polar surface area (TPSA) is 55.1 Å². The van der Waals surface area contributed by atoms with Crippen molar-refractivity contribution in [3.05, 3.63) is 0 Å². The predicted octanol–water partition coefficient (Wildman–Crippen LogP) is 2.23. The van der Waals surface area contributed by atoms with E-state index in [4.69, 9.17) is 5.73 Å². The van der Waals surface area contributed by atoms with Crippen molar-refractivity contribution in [1.82, 2.24) is 5.32 Å². The Morgan fingerprint density at radius 1 is 1.17 bits per heavy atom. The fraction of sp³-hybridized carbons (Fsp3) is 0.929. The third-order valence-corrected chi connectivity index (χ3v) is 4.99. The van der Waals surface area contributed by atoms with Crippen LogP contribution in [-0.4, -0.2) is 18.5 Å². The monoisotopic (exact) mass is 272 g/mol. The van der Waals surface area contributed by atoms with Crippen LogP contribution in [0.2, 0.25) is 0 Å². The predicted molar refractivity (Wildman–Crippen MR) is 74.6 cm³/mol. The lowest BCUT2D eigenvalue weighted by molar-refractivity contribution is -0.131. The van der Waals surface area contributed by atoms with Gasteiger partial charge in [-0.3, -0.25) is 4.79 Å². The minimum absolute atomic E-state index is 0. The number of nitrogens with one attached hydrogen (secondary N) is 1. The zero-order valence-electron chi connectivity index (χ0n) is 11.0. The highest BCUT2D eigenvalue weighted by Gasteiger charge is 2.46. The van der Waals surface area contributed by atoms with E-state index >= 15 is 0 Å². The first kappa shape index (κ1) is 14.1. The van der Waals surface area contributed by atoms with E-state index in [2.05, 4.69) is 5.32 Å². The molecule has 4 heteroatoms. The molecule has 0 heterocycles. The van der Waals surface area contributed by atoms with E-state index < -0.39 is 0 Å². The Hall–Kier alpha value is -0.280. The van der Waals surface area contributed by atoms with E-state index in [0.29, 0.717) is 12.6 Å². The van der Waals surface area contributed by atoms with Crippen LogP contribution in [0.15, 0.2) is 0 Å². The van der Waals surface area contributed by atoms with Crippen molar-refractivity contribution in [2.45, 2.75) is 57.4 Å². The van der Waals surface area contributed by atoms with E-state index in [0.717, 1.165) is 24.7 Å². The van der Waals surface area contributed by atoms with Crippen molar-refractivity contribution in [1.29, 1.82) is 0 Å². The highest BCUT2D eigenvalue weighted by molar-refractivity contribution is 5.85. The largest absolute Gasteiger partial charge is 0.352 e. The van der Waals surface area contributed by atoms with Crippen molar-refractivity contribution in [3.8, 4) is 0 Å². The van der Waals surface area contributed by atoms with Crippen LogP contribution in [0.4, 0.5) is 0 Å². The molecule has 3 fully saturated rings. The summed E-state index contributed by atoms with van der Waals surface area (Å²) in [5.41, 5.74) is 5.65. The number of halogens is 1. The second kappa shape index (κ2) is 5.38. The molecule has 0 aromatic rings. The van der Waals surface area contributed by atoms with Gasteiger partial charge in [-0.05, 0) is 50.4 Å². The van der Waals surface area contributed by atoms with E-state index in [1.54, 1.807) is 0 Å². The van der Waals surface area contributed by atoms with Gasteiger partial charge in [0.1, 0.15) is 0 Å². The maximum Gasteiger partial charge on any atom is 0.227 e. The molecule has 0 unspecified atom stereocenters. The van der Waals surface area contributed by atoms with Crippen molar-refractivity contribution in [2.24, 2.45) is 23.0 Å². The molecule has 3 saturated carbocycles. The highest BCUT2D eigenvalue weighted by Crippen LogP contribution is 2.45. The summed E-state index contributed by atoms with van der Waals surface area (Å²) in [6.07, 6.45) is 9.60. The van der Waals surface area contributed by atoms with Gasteiger partial charge in [0, 0.05) is 12.6 Å². The van der Waals surface area contributed by atoms with Gasteiger partial charge in [-0.15, -0.1) is 12.4 Å². The van der Waals surface area contributed by atoms with Crippen molar-refractivity contribution >= 4 is 18.3 Å². The van der Waals surface area contributed by atoms with E-state index in [1.165, 1.54) is 38.5 Å². The van der Waals surface area contributed by atoms with Crippen LogP contribution >= 0.6 is 12.4 Å². The van der Waals surface area contributed by atoms with Gasteiger partial charge in [0.05, 0.1) is 5.41 Å². The number of amides is 1. The lowest BCUT2D eigenvalue weighted by atomic mass is 9.84. The van der Waals surface area contributed by atoms with Gasteiger partial charge in [0.15, 0.2) is 0 Å². The Labute approximate surface area is 116 Å². The highest BCUT2D eigenvalue weighted by atomic mass is 35.5. The second-order valence-electron chi connectivity index (χ2n) is 6.37. The molecule has 3 nitrogen and oxygen atoms in total. The molecule has 0 atom stereocenters. The number of carbonyl (C=O) groups excluding carboxylic acids is 1. The van der Waals surface area contributed by atoms with E-state index in [9.17, 15) is 4.79 Å². The zero-order chi connectivity index (χ0) is 11.9. The van der Waals surface area contributed by atoms with Crippen LogP contribution in [-0.2, 0) is 4.79 Å². The van der Waals surface area contributed by atoms with Crippen molar-refractivity contribution < 1.29 is 4.79 Å². The minimum atomic E-state index is -0.220. The first-order chi connectivity index (χ1) is 8.25. The quantitative estimate of drug-likeness (QED) is 0.806. The molecule has 0 spiro atoms. The van der Waals surface area contributed by atoms with Gasteiger partial charge in [-0.2, -0.15) is 0 Å². The maximum atomic E-state index is 12.5. The number of rotatable bonds is 5. The average molecular weight is 273 g/mol. The molecule has 0 radical (unpaired) electrons. The molecular weight excluding hydrogens is 248 g/mol. The molecule has 3 rings (SSSR count). The first-order valence-electron chi connectivity index (χ1n) is 7.26. The van der Waals surface area contributed by atoms with Crippen molar-refractivity contribution in [3.63, 3.8) is 0 Å². The first-order valence-corrected chi connectivity index (χ1v) is 7.26. The fourth-order valence-electron chi connectivity index (χ4n) is 3.41. The third-order valence-electron chi connectivity index (χ3n) is 4.99. The Kier molecular flexibility index (Phi) is 4.22. The zero-order valence-corrected chi connectivity index (χ0v) is 11.8. The smallest absolute Gasteiger partial charge is 0.227 e. The molecule has 0 aliphatic heterocycles. The van der Waals surface area contributed by atoms with Crippen LogP contribution in [0.5, 0.6) is 0 Å². The van der Waals surface area contributed by atoms with Gasteiger partial charge in [0.2, 0.25) is 5.91 Å². The van der Waals surface area contributed by atoms with E-state index in [-0.39, 0.29) is 23.7 Å². The molecule has 18 heavy (non-hydrogen) atoms. The number of hydrogen-bond acceptors (Lipinski definition) is 2.